The second kappa shape index (κ2) is 5.84. The zero-order valence-corrected chi connectivity index (χ0v) is 9.56. The molecule has 1 saturated heterocycles. The van der Waals surface area contributed by atoms with Gasteiger partial charge in [0.05, 0.1) is 0 Å². The molecular weight excluding hydrogens is 184 g/mol. The summed E-state index contributed by atoms with van der Waals surface area (Å²) in [5, 5.41) is 0.435. The molecule has 1 aliphatic rings. The van der Waals surface area contributed by atoms with Crippen LogP contribution in [0.25, 0.3) is 0 Å². The summed E-state index contributed by atoms with van der Waals surface area (Å²) in [4.78, 5) is 4.77. The molecule has 78 valence electrons. The highest BCUT2D eigenvalue weighted by atomic mass is 35.5. The molecule has 1 fully saturated rings. The Morgan fingerprint density at radius 2 is 1.92 bits per heavy atom. The molecule has 0 bridgehead atoms. The summed E-state index contributed by atoms with van der Waals surface area (Å²) in [5.74, 6) is 0. The molecule has 0 unspecified atom stereocenters. The molecule has 0 spiro atoms. The van der Waals surface area contributed by atoms with Crippen LogP contribution in [-0.4, -0.2) is 55.5 Å². The summed E-state index contributed by atoms with van der Waals surface area (Å²) < 4.78 is 0. The van der Waals surface area contributed by atoms with Crippen LogP contribution in [0.4, 0.5) is 0 Å². The predicted octanol–water partition coefficient (Wildman–Crippen LogP) is 1.64. The van der Waals surface area contributed by atoms with Gasteiger partial charge in [-0.25, -0.2) is 0 Å². The topological polar surface area (TPSA) is 6.48 Å². The molecule has 0 aromatic carbocycles. The second-order valence-electron chi connectivity index (χ2n) is 4.17. The lowest BCUT2D eigenvalue weighted by Crippen LogP contribution is -2.35. The van der Waals surface area contributed by atoms with Crippen LogP contribution in [-0.2, 0) is 0 Å². The van der Waals surface area contributed by atoms with Crippen molar-refractivity contribution >= 4 is 11.6 Å². The van der Waals surface area contributed by atoms with Gasteiger partial charge in [0, 0.05) is 5.38 Å². The Balaban J connectivity index is 2.02. The average Bonchev–Trinajstić information content (AvgIpc) is 2.08. The van der Waals surface area contributed by atoms with E-state index in [4.69, 9.17) is 11.6 Å². The van der Waals surface area contributed by atoms with Crippen molar-refractivity contribution in [3.8, 4) is 0 Å². The molecule has 0 aromatic heterocycles. The van der Waals surface area contributed by atoms with E-state index in [1.54, 1.807) is 0 Å². The summed E-state index contributed by atoms with van der Waals surface area (Å²) in [6.07, 6.45) is 3.62. The van der Waals surface area contributed by atoms with E-state index in [0.29, 0.717) is 5.38 Å². The third-order valence-electron chi connectivity index (χ3n) is 2.60. The van der Waals surface area contributed by atoms with Crippen LogP contribution in [0.3, 0.4) is 0 Å². The summed E-state index contributed by atoms with van der Waals surface area (Å²) in [6.45, 7) is 4.83. The third kappa shape index (κ3) is 4.84. The fraction of sp³-hybridized carbons (Fsp3) is 1.00. The van der Waals surface area contributed by atoms with Crippen molar-refractivity contribution in [2.45, 2.75) is 24.6 Å². The molecule has 0 amide bonds. The van der Waals surface area contributed by atoms with Gasteiger partial charge in [0.1, 0.15) is 0 Å². The lowest BCUT2D eigenvalue weighted by molar-refractivity contribution is 0.219. The summed E-state index contributed by atoms with van der Waals surface area (Å²) in [6, 6.07) is 0. The van der Waals surface area contributed by atoms with Gasteiger partial charge < -0.3 is 9.80 Å². The van der Waals surface area contributed by atoms with Gasteiger partial charge in [-0.15, -0.1) is 11.6 Å². The Bertz CT molecular complexity index is 131. The SMILES string of the molecule is CN(C)CCCN1CCC(Cl)CC1. The van der Waals surface area contributed by atoms with Gasteiger partial charge >= 0.3 is 0 Å². The van der Waals surface area contributed by atoms with Crippen molar-refractivity contribution < 1.29 is 0 Å². The fourth-order valence-electron chi connectivity index (χ4n) is 1.74. The summed E-state index contributed by atoms with van der Waals surface area (Å²) in [7, 11) is 4.26. The maximum atomic E-state index is 6.03. The molecular formula is C10H21ClN2. The Labute approximate surface area is 86.8 Å². The third-order valence-corrected chi connectivity index (χ3v) is 3.03. The first kappa shape index (κ1) is 11.3. The minimum Gasteiger partial charge on any atom is -0.309 e. The fourth-order valence-corrected chi connectivity index (χ4v) is 1.93. The smallest absolute Gasteiger partial charge is 0.0360 e. The quantitative estimate of drug-likeness (QED) is 0.643. The standard InChI is InChI=1S/C10H21ClN2/c1-12(2)6-3-7-13-8-4-10(11)5-9-13/h10H,3-9H2,1-2H3. The number of alkyl halides is 1. The lowest BCUT2D eigenvalue weighted by Gasteiger charge is -2.29. The number of piperidine rings is 1. The highest BCUT2D eigenvalue weighted by molar-refractivity contribution is 6.20. The van der Waals surface area contributed by atoms with Gasteiger partial charge in [-0.05, 0) is 59.5 Å². The molecule has 0 N–H and O–H groups in total. The van der Waals surface area contributed by atoms with Crippen LogP contribution in [0.15, 0.2) is 0 Å². The normalized spacial score (nSPS) is 21.2. The lowest BCUT2D eigenvalue weighted by atomic mass is 10.1. The van der Waals surface area contributed by atoms with E-state index < -0.39 is 0 Å². The van der Waals surface area contributed by atoms with E-state index in [0.717, 1.165) is 0 Å². The zero-order chi connectivity index (χ0) is 9.68. The van der Waals surface area contributed by atoms with E-state index in [1.165, 1.54) is 45.4 Å². The molecule has 1 rings (SSSR count). The monoisotopic (exact) mass is 204 g/mol. The number of hydrogen-bond acceptors (Lipinski definition) is 2. The molecule has 1 heterocycles. The van der Waals surface area contributed by atoms with Crippen LogP contribution in [0.1, 0.15) is 19.3 Å². The number of halogens is 1. The van der Waals surface area contributed by atoms with Gasteiger partial charge in [-0.2, -0.15) is 0 Å². The van der Waals surface area contributed by atoms with Crippen LogP contribution >= 0.6 is 11.6 Å². The number of nitrogens with zero attached hydrogens (tertiary/aromatic N) is 2. The molecule has 2 nitrogen and oxygen atoms in total. The van der Waals surface area contributed by atoms with Crippen molar-refractivity contribution in [2.75, 3.05) is 40.3 Å². The van der Waals surface area contributed by atoms with E-state index >= 15 is 0 Å². The number of likely N-dealkylation sites (tertiary alicyclic amines) is 1. The van der Waals surface area contributed by atoms with E-state index in [1.807, 2.05) is 0 Å². The van der Waals surface area contributed by atoms with Gasteiger partial charge in [-0.1, -0.05) is 0 Å². The van der Waals surface area contributed by atoms with Crippen LogP contribution in [0.2, 0.25) is 0 Å². The predicted molar refractivity (Wildman–Crippen MR) is 58.5 cm³/mol. The van der Waals surface area contributed by atoms with Crippen molar-refractivity contribution in [3.05, 3.63) is 0 Å². The molecule has 0 radical (unpaired) electrons. The van der Waals surface area contributed by atoms with Crippen LogP contribution < -0.4 is 0 Å². The zero-order valence-electron chi connectivity index (χ0n) is 8.80. The van der Waals surface area contributed by atoms with Crippen molar-refractivity contribution in [2.24, 2.45) is 0 Å². The van der Waals surface area contributed by atoms with Gasteiger partial charge in [0.2, 0.25) is 0 Å². The number of rotatable bonds is 4. The molecule has 1 aliphatic heterocycles. The maximum absolute atomic E-state index is 6.03. The largest absolute Gasteiger partial charge is 0.309 e. The van der Waals surface area contributed by atoms with Gasteiger partial charge in [0.25, 0.3) is 0 Å². The van der Waals surface area contributed by atoms with Gasteiger partial charge in [-0.3, -0.25) is 0 Å². The first-order valence-corrected chi connectivity index (χ1v) is 5.63. The summed E-state index contributed by atoms with van der Waals surface area (Å²) >= 11 is 6.03. The Morgan fingerprint density at radius 3 is 2.46 bits per heavy atom. The van der Waals surface area contributed by atoms with Crippen molar-refractivity contribution in [1.82, 2.24) is 9.80 Å². The molecule has 0 aromatic rings. The maximum Gasteiger partial charge on any atom is 0.0360 e. The first-order chi connectivity index (χ1) is 6.18. The van der Waals surface area contributed by atoms with E-state index in [2.05, 4.69) is 23.9 Å². The minimum absolute atomic E-state index is 0.435. The average molecular weight is 205 g/mol. The molecule has 0 atom stereocenters. The van der Waals surface area contributed by atoms with Crippen molar-refractivity contribution in [1.29, 1.82) is 0 Å². The molecule has 13 heavy (non-hydrogen) atoms. The van der Waals surface area contributed by atoms with E-state index in [9.17, 15) is 0 Å². The second-order valence-corrected chi connectivity index (χ2v) is 4.79. The van der Waals surface area contributed by atoms with E-state index in [-0.39, 0.29) is 0 Å². The Kier molecular flexibility index (Phi) is 5.07. The molecule has 0 saturated carbocycles. The minimum atomic E-state index is 0.435. The summed E-state index contributed by atoms with van der Waals surface area (Å²) in [5.41, 5.74) is 0. The van der Waals surface area contributed by atoms with Crippen LogP contribution in [0, 0.1) is 0 Å². The van der Waals surface area contributed by atoms with Crippen molar-refractivity contribution in [3.63, 3.8) is 0 Å². The Hall–Kier alpha value is 0.210. The number of hydrogen-bond donors (Lipinski definition) is 0. The Morgan fingerprint density at radius 1 is 1.31 bits per heavy atom. The first-order valence-electron chi connectivity index (χ1n) is 5.19. The molecule has 3 heteroatoms. The van der Waals surface area contributed by atoms with Gasteiger partial charge in [0.15, 0.2) is 0 Å². The van der Waals surface area contributed by atoms with Crippen LogP contribution in [0.5, 0.6) is 0 Å². The highest BCUT2D eigenvalue weighted by Crippen LogP contribution is 2.15. The molecule has 0 aliphatic carbocycles. The highest BCUT2D eigenvalue weighted by Gasteiger charge is 2.16.